The molecule has 13 heavy (non-hydrogen) atoms. The quantitative estimate of drug-likeness (QED) is 0.762. The van der Waals surface area contributed by atoms with E-state index < -0.39 is 0 Å². The molecule has 0 saturated carbocycles. The first kappa shape index (κ1) is 9.76. The van der Waals surface area contributed by atoms with Crippen molar-refractivity contribution in [3.05, 3.63) is 35.4 Å². The molecule has 0 radical (unpaired) electrons. The number of aliphatic hydroxyl groups is 1. The fourth-order valence-electron chi connectivity index (χ4n) is 1.21. The minimum absolute atomic E-state index is 0.299. The van der Waals surface area contributed by atoms with Gasteiger partial charge in [0.2, 0.25) is 0 Å². The van der Waals surface area contributed by atoms with Gasteiger partial charge in [-0.1, -0.05) is 18.2 Å². The Morgan fingerprint density at radius 2 is 2.15 bits per heavy atom. The second-order valence-corrected chi connectivity index (χ2v) is 3.16. The molecular weight excluding hydrogens is 162 g/mol. The van der Waals surface area contributed by atoms with Gasteiger partial charge in [-0.3, -0.25) is 0 Å². The van der Waals surface area contributed by atoms with Gasteiger partial charge in [0.1, 0.15) is 0 Å². The lowest BCUT2D eigenvalue weighted by molar-refractivity contribution is 0.185. The van der Waals surface area contributed by atoms with Gasteiger partial charge in [-0.2, -0.15) is 5.26 Å². The zero-order chi connectivity index (χ0) is 9.68. The average molecular weight is 175 g/mol. The molecular formula is C11H13NO. The van der Waals surface area contributed by atoms with Crippen LogP contribution < -0.4 is 0 Å². The standard InChI is InChI=1S/C11H13NO/c1-9(13)6-7-10-4-2-3-5-11(10)8-12/h2-5,9,13H,6-7H2,1H3. The van der Waals surface area contributed by atoms with Gasteiger partial charge in [0.25, 0.3) is 0 Å². The van der Waals surface area contributed by atoms with Gasteiger partial charge in [0.05, 0.1) is 17.7 Å². The molecule has 0 bridgehead atoms. The van der Waals surface area contributed by atoms with Crippen LogP contribution in [-0.4, -0.2) is 11.2 Å². The first-order valence-corrected chi connectivity index (χ1v) is 4.40. The van der Waals surface area contributed by atoms with Crippen molar-refractivity contribution in [3.8, 4) is 6.07 Å². The molecule has 0 aliphatic carbocycles. The summed E-state index contributed by atoms with van der Waals surface area (Å²) < 4.78 is 0. The Balaban J connectivity index is 2.71. The van der Waals surface area contributed by atoms with Crippen LogP contribution in [0, 0.1) is 11.3 Å². The van der Waals surface area contributed by atoms with Crippen LogP contribution in [0.5, 0.6) is 0 Å². The Labute approximate surface area is 78.4 Å². The Bertz CT molecular complexity index is 312. The molecule has 0 heterocycles. The summed E-state index contributed by atoms with van der Waals surface area (Å²) in [5.41, 5.74) is 1.73. The topological polar surface area (TPSA) is 44.0 Å². The molecule has 0 aliphatic heterocycles. The fraction of sp³-hybridized carbons (Fsp3) is 0.364. The van der Waals surface area contributed by atoms with Crippen LogP contribution in [0.4, 0.5) is 0 Å². The zero-order valence-electron chi connectivity index (χ0n) is 7.70. The third-order valence-electron chi connectivity index (χ3n) is 1.97. The lowest BCUT2D eigenvalue weighted by atomic mass is 10.0. The highest BCUT2D eigenvalue weighted by Gasteiger charge is 2.02. The van der Waals surface area contributed by atoms with E-state index in [1.807, 2.05) is 18.2 Å². The van der Waals surface area contributed by atoms with Crippen molar-refractivity contribution in [1.82, 2.24) is 0 Å². The number of aliphatic hydroxyl groups excluding tert-OH is 1. The maximum absolute atomic E-state index is 9.09. The van der Waals surface area contributed by atoms with E-state index in [2.05, 4.69) is 6.07 Å². The second-order valence-electron chi connectivity index (χ2n) is 3.16. The summed E-state index contributed by atoms with van der Waals surface area (Å²) in [4.78, 5) is 0. The van der Waals surface area contributed by atoms with E-state index in [0.29, 0.717) is 12.0 Å². The fourth-order valence-corrected chi connectivity index (χ4v) is 1.21. The van der Waals surface area contributed by atoms with E-state index in [1.54, 1.807) is 13.0 Å². The van der Waals surface area contributed by atoms with Crippen LogP contribution in [0.25, 0.3) is 0 Å². The molecule has 1 rings (SSSR count). The Hall–Kier alpha value is -1.33. The summed E-state index contributed by atoms with van der Waals surface area (Å²) in [6.45, 7) is 1.76. The van der Waals surface area contributed by atoms with Gasteiger partial charge in [-0.15, -0.1) is 0 Å². The molecule has 0 saturated heterocycles. The average Bonchev–Trinajstić information content (AvgIpc) is 2.15. The van der Waals surface area contributed by atoms with Crippen LogP contribution in [0.3, 0.4) is 0 Å². The minimum atomic E-state index is -0.299. The molecule has 0 spiro atoms. The van der Waals surface area contributed by atoms with Gasteiger partial charge < -0.3 is 5.11 Å². The van der Waals surface area contributed by atoms with E-state index >= 15 is 0 Å². The normalized spacial score (nSPS) is 12.1. The number of nitrogens with zero attached hydrogens (tertiary/aromatic N) is 1. The summed E-state index contributed by atoms with van der Waals surface area (Å²) in [6, 6.07) is 9.64. The maximum atomic E-state index is 9.09. The molecule has 1 unspecified atom stereocenters. The van der Waals surface area contributed by atoms with Crippen molar-refractivity contribution in [3.63, 3.8) is 0 Å². The number of nitriles is 1. The molecule has 68 valence electrons. The monoisotopic (exact) mass is 175 g/mol. The molecule has 1 atom stereocenters. The number of aryl methyl sites for hydroxylation is 1. The molecule has 0 fully saturated rings. The third kappa shape index (κ3) is 2.89. The SMILES string of the molecule is CC(O)CCc1ccccc1C#N. The van der Waals surface area contributed by atoms with Gasteiger partial charge in [0.15, 0.2) is 0 Å². The second kappa shape index (κ2) is 4.64. The zero-order valence-corrected chi connectivity index (χ0v) is 7.70. The number of benzene rings is 1. The molecule has 0 aliphatic rings. The van der Waals surface area contributed by atoms with Crippen LogP contribution in [-0.2, 0) is 6.42 Å². The highest BCUT2D eigenvalue weighted by molar-refractivity contribution is 5.37. The Kier molecular flexibility index (Phi) is 3.48. The molecule has 1 aromatic rings. The maximum Gasteiger partial charge on any atom is 0.0994 e. The summed E-state index contributed by atoms with van der Waals surface area (Å²) in [5, 5.41) is 17.9. The predicted molar refractivity (Wildman–Crippen MR) is 51.2 cm³/mol. The largest absolute Gasteiger partial charge is 0.393 e. The summed E-state index contributed by atoms with van der Waals surface area (Å²) >= 11 is 0. The number of hydrogen-bond acceptors (Lipinski definition) is 2. The molecule has 1 N–H and O–H groups in total. The number of hydrogen-bond donors (Lipinski definition) is 1. The van der Waals surface area contributed by atoms with Crippen molar-refractivity contribution >= 4 is 0 Å². The van der Waals surface area contributed by atoms with Crippen LogP contribution in [0.15, 0.2) is 24.3 Å². The van der Waals surface area contributed by atoms with Crippen molar-refractivity contribution in [2.75, 3.05) is 0 Å². The van der Waals surface area contributed by atoms with Crippen molar-refractivity contribution in [2.24, 2.45) is 0 Å². The van der Waals surface area contributed by atoms with Gasteiger partial charge in [-0.25, -0.2) is 0 Å². The van der Waals surface area contributed by atoms with Gasteiger partial charge in [-0.05, 0) is 31.4 Å². The van der Waals surface area contributed by atoms with Crippen LogP contribution in [0.2, 0.25) is 0 Å². The van der Waals surface area contributed by atoms with E-state index in [1.165, 1.54) is 0 Å². The van der Waals surface area contributed by atoms with E-state index in [9.17, 15) is 0 Å². The molecule has 0 aromatic heterocycles. The summed E-state index contributed by atoms with van der Waals surface area (Å²) in [5.74, 6) is 0. The third-order valence-corrected chi connectivity index (χ3v) is 1.97. The first-order valence-electron chi connectivity index (χ1n) is 4.40. The first-order chi connectivity index (χ1) is 6.24. The van der Waals surface area contributed by atoms with Crippen molar-refractivity contribution < 1.29 is 5.11 Å². The Morgan fingerprint density at radius 3 is 2.77 bits per heavy atom. The van der Waals surface area contributed by atoms with Crippen molar-refractivity contribution in [1.29, 1.82) is 5.26 Å². The molecule has 2 heteroatoms. The minimum Gasteiger partial charge on any atom is -0.393 e. The lowest BCUT2D eigenvalue weighted by Crippen LogP contribution is -2.02. The molecule has 0 amide bonds. The number of rotatable bonds is 3. The van der Waals surface area contributed by atoms with Crippen LogP contribution in [0.1, 0.15) is 24.5 Å². The van der Waals surface area contributed by atoms with E-state index in [0.717, 1.165) is 12.0 Å². The lowest BCUT2D eigenvalue weighted by Gasteiger charge is -2.05. The molecule has 1 aromatic carbocycles. The Morgan fingerprint density at radius 1 is 1.46 bits per heavy atom. The van der Waals surface area contributed by atoms with Crippen molar-refractivity contribution in [2.45, 2.75) is 25.9 Å². The summed E-state index contributed by atoms with van der Waals surface area (Å²) in [6.07, 6.45) is 1.17. The van der Waals surface area contributed by atoms with Crippen LogP contribution >= 0.6 is 0 Å². The highest BCUT2D eigenvalue weighted by atomic mass is 16.3. The predicted octanol–water partition coefficient (Wildman–Crippen LogP) is 1.87. The van der Waals surface area contributed by atoms with Gasteiger partial charge >= 0.3 is 0 Å². The smallest absolute Gasteiger partial charge is 0.0994 e. The summed E-state index contributed by atoms with van der Waals surface area (Å²) in [7, 11) is 0. The van der Waals surface area contributed by atoms with E-state index in [4.69, 9.17) is 10.4 Å². The highest BCUT2D eigenvalue weighted by Crippen LogP contribution is 2.10. The molecule has 2 nitrogen and oxygen atoms in total. The van der Waals surface area contributed by atoms with E-state index in [-0.39, 0.29) is 6.10 Å². The van der Waals surface area contributed by atoms with Gasteiger partial charge in [0, 0.05) is 0 Å².